The Kier molecular flexibility index (Phi) is 3.23. The third kappa shape index (κ3) is 2.49. The van der Waals surface area contributed by atoms with Gasteiger partial charge in [-0.3, -0.25) is 4.84 Å². The Hall–Kier alpha value is -1.06. The first-order valence-electron chi connectivity index (χ1n) is 5.52. The van der Waals surface area contributed by atoms with Crippen LogP contribution in [0.2, 0.25) is 0 Å². The minimum atomic E-state index is 0.311. The predicted molar refractivity (Wildman–Crippen MR) is 61.2 cm³/mol. The molecule has 2 N–H and O–H groups in total. The molecule has 0 amide bonds. The average molecular weight is 206 g/mol. The zero-order valence-electron chi connectivity index (χ0n) is 9.15. The first-order chi connectivity index (χ1) is 7.27. The van der Waals surface area contributed by atoms with Crippen LogP contribution in [0, 0.1) is 0 Å². The summed E-state index contributed by atoms with van der Waals surface area (Å²) in [5.41, 5.74) is 7.73. The molecule has 3 nitrogen and oxygen atoms in total. The number of rotatable bonds is 2. The van der Waals surface area contributed by atoms with E-state index in [1.54, 1.807) is 0 Å². The molecule has 1 unspecified atom stereocenters. The number of benzene rings is 1. The fourth-order valence-corrected chi connectivity index (χ4v) is 1.86. The lowest BCUT2D eigenvalue weighted by Gasteiger charge is -2.31. The van der Waals surface area contributed by atoms with Crippen molar-refractivity contribution in [2.75, 3.05) is 18.9 Å². The Labute approximate surface area is 90.8 Å². The molecule has 0 spiro atoms. The lowest BCUT2D eigenvalue weighted by Crippen LogP contribution is -2.32. The van der Waals surface area contributed by atoms with Crippen molar-refractivity contribution in [1.29, 1.82) is 0 Å². The van der Waals surface area contributed by atoms with Crippen LogP contribution >= 0.6 is 0 Å². The van der Waals surface area contributed by atoms with Gasteiger partial charge in [0.15, 0.2) is 0 Å². The average Bonchev–Trinajstić information content (AvgIpc) is 2.30. The number of hydrogen-bond acceptors (Lipinski definition) is 3. The van der Waals surface area contributed by atoms with E-state index in [4.69, 9.17) is 10.6 Å². The van der Waals surface area contributed by atoms with Crippen LogP contribution in [0.25, 0.3) is 0 Å². The second-order valence-corrected chi connectivity index (χ2v) is 4.02. The summed E-state index contributed by atoms with van der Waals surface area (Å²) in [6.07, 6.45) is 2.39. The Morgan fingerprint density at radius 1 is 1.27 bits per heavy atom. The summed E-state index contributed by atoms with van der Waals surface area (Å²) < 4.78 is 0. The van der Waals surface area contributed by atoms with Gasteiger partial charge in [0.1, 0.15) is 0 Å². The van der Waals surface area contributed by atoms with Gasteiger partial charge >= 0.3 is 0 Å². The first-order valence-corrected chi connectivity index (χ1v) is 5.52. The smallest absolute Gasteiger partial charge is 0.0685 e. The largest absolute Gasteiger partial charge is 0.399 e. The van der Waals surface area contributed by atoms with Gasteiger partial charge in [-0.2, -0.15) is 5.06 Å². The maximum Gasteiger partial charge on any atom is 0.0685 e. The van der Waals surface area contributed by atoms with Crippen LogP contribution in [0.4, 0.5) is 5.69 Å². The summed E-state index contributed by atoms with van der Waals surface area (Å²) in [6.45, 7) is 4.03. The second kappa shape index (κ2) is 4.64. The van der Waals surface area contributed by atoms with E-state index in [9.17, 15) is 0 Å². The summed E-state index contributed by atoms with van der Waals surface area (Å²) in [4.78, 5) is 5.63. The van der Waals surface area contributed by atoms with Gasteiger partial charge in [0.25, 0.3) is 0 Å². The van der Waals surface area contributed by atoms with Crippen LogP contribution in [-0.4, -0.2) is 18.2 Å². The quantitative estimate of drug-likeness (QED) is 0.755. The van der Waals surface area contributed by atoms with Crippen LogP contribution in [0.3, 0.4) is 0 Å². The third-order valence-electron chi connectivity index (χ3n) is 2.88. The fourth-order valence-electron chi connectivity index (χ4n) is 1.86. The molecule has 0 bridgehead atoms. The van der Waals surface area contributed by atoms with E-state index < -0.39 is 0 Å². The maximum absolute atomic E-state index is 5.66. The van der Waals surface area contributed by atoms with Gasteiger partial charge in [-0.05, 0) is 37.5 Å². The molecular formula is C12H18N2O. The molecule has 82 valence electrons. The molecule has 0 radical (unpaired) electrons. The molecule has 1 heterocycles. The van der Waals surface area contributed by atoms with Crippen LogP contribution < -0.4 is 5.73 Å². The SMILES string of the molecule is CC(c1ccc(N)cc1)N1CCCCO1. The van der Waals surface area contributed by atoms with E-state index in [2.05, 4.69) is 24.1 Å². The van der Waals surface area contributed by atoms with Gasteiger partial charge in [-0.25, -0.2) is 0 Å². The van der Waals surface area contributed by atoms with E-state index >= 15 is 0 Å². The molecule has 15 heavy (non-hydrogen) atoms. The molecule has 2 rings (SSSR count). The van der Waals surface area contributed by atoms with E-state index in [0.29, 0.717) is 6.04 Å². The van der Waals surface area contributed by atoms with Gasteiger partial charge in [-0.15, -0.1) is 0 Å². The molecular weight excluding hydrogens is 188 g/mol. The molecule has 0 aromatic heterocycles. The van der Waals surface area contributed by atoms with E-state index in [0.717, 1.165) is 18.8 Å². The minimum Gasteiger partial charge on any atom is -0.399 e. The van der Waals surface area contributed by atoms with E-state index in [1.807, 2.05) is 12.1 Å². The summed E-state index contributed by atoms with van der Waals surface area (Å²) in [6, 6.07) is 8.33. The van der Waals surface area contributed by atoms with E-state index in [1.165, 1.54) is 18.4 Å². The van der Waals surface area contributed by atoms with Crippen molar-refractivity contribution >= 4 is 5.69 Å². The molecule has 1 aliphatic rings. The number of nitrogens with two attached hydrogens (primary N) is 1. The fraction of sp³-hybridized carbons (Fsp3) is 0.500. The summed E-state index contributed by atoms with van der Waals surface area (Å²) in [7, 11) is 0. The minimum absolute atomic E-state index is 0.311. The lowest BCUT2D eigenvalue weighted by atomic mass is 10.1. The summed E-state index contributed by atoms with van der Waals surface area (Å²) >= 11 is 0. The molecule has 1 aromatic carbocycles. The van der Waals surface area contributed by atoms with Gasteiger partial charge in [0.05, 0.1) is 12.6 Å². The van der Waals surface area contributed by atoms with Crippen molar-refractivity contribution in [3.05, 3.63) is 29.8 Å². The van der Waals surface area contributed by atoms with Crippen LogP contribution in [-0.2, 0) is 4.84 Å². The molecule has 0 aliphatic carbocycles. The van der Waals surface area contributed by atoms with Crippen molar-refractivity contribution in [2.45, 2.75) is 25.8 Å². The first kappa shape index (κ1) is 10.5. The Morgan fingerprint density at radius 3 is 2.60 bits per heavy atom. The van der Waals surface area contributed by atoms with Gasteiger partial charge in [0, 0.05) is 12.2 Å². The monoisotopic (exact) mass is 206 g/mol. The number of hydrogen-bond donors (Lipinski definition) is 1. The highest BCUT2D eigenvalue weighted by molar-refractivity contribution is 5.39. The van der Waals surface area contributed by atoms with Crippen molar-refractivity contribution in [1.82, 2.24) is 5.06 Å². The molecule has 1 saturated heterocycles. The van der Waals surface area contributed by atoms with Crippen molar-refractivity contribution in [2.24, 2.45) is 0 Å². The molecule has 3 heteroatoms. The zero-order chi connectivity index (χ0) is 10.7. The van der Waals surface area contributed by atoms with Crippen LogP contribution in [0.1, 0.15) is 31.4 Å². The van der Waals surface area contributed by atoms with Crippen molar-refractivity contribution in [3.8, 4) is 0 Å². The highest BCUT2D eigenvalue weighted by Gasteiger charge is 2.18. The Bertz CT molecular complexity index is 304. The van der Waals surface area contributed by atoms with Gasteiger partial charge in [-0.1, -0.05) is 12.1 Å². The maximum atomic E-state index is 5.66. The number of anilines is 1. The van der Waals surface area contributed by atoms with Crippen LogP contribution in [0.5, 0.6) is 0 Å². The highest BCUT2D eigenvalue weighted by Crippen LogP contribution is 2.23. The zero-order valence-corrected chi connectivity index (χ0v) is 9.15. The van der Waals surface area contributed by atoms with Crippen molar-refractivity contribution in [3.63, 3.8) is 0 Å². The normalized spacial score (nSPS) is 20.1. The summed E-state index contributed by atoms with van der Waals surface area (Å²) in [5, 5.41) is 2.06. The molecule has 0 saturated carbocycles. The Balaban J connectivity index is 2.05. The Morgan fingerprint density at radius 2 is 2.00 bits per heavy atom. The number of hydroxylamine groups is 2. The van der Waals surface area contributed by atoms with E-state index in [-0.39, 0.29) is 0 Å². The number of nitrogen functional groups attached to an aromatic ring is 1. The van der Waals surface area contributed by atoms with Gasteiger partial charge in [0.2, 0.25) is 0 Å². The summed E-state index contributed by atoms with van der Waals surface area (Å²) in [5.74, 6) is 0. The third-order valence-corrected chi connectivity index (χ3v) is 2.88. The molecule has 1 aromatic rings. The topological polar surface area (TPSA) is 38.5 Å². The van der Waals surface area contributed by atoms with Crippen molar-refractivity contribution < 1.29 is 4.84 Å². The van der Waals surface area contributed by atoms with Gasteiger partial charge < -0.3 is 5.73 Å². The number of nitrogens with zero attached hydrogens (tertiary/aromatic N) is 1. The lowest BCUT2D eigenvalue weighted by molar-refractivity contribution is -0.204. The highest BCUT2D eigenvalue weighted by atomic mass is 16.7. The molecule has 1 aliphatic heterocycles. The van der Waals surface area contributed by atoms with Crippen LogP contribution in [0.15, 0.2) is 24.3 Å². The predicted octanol–water partition coefficient (Wildman–Crippen LogP) is 2.36. The second-order valence-electron chi connectivity index (χ2n) is 4.02. The molecule has 1 atom stereocenters. The molecule has 1 fully saturated rings. The standard InChI is InChI=1S/C12H18N2O/c1-10(14-8-2-3-9-15-14)11-4-6-12(13)7-5-11/h4-7,10H,2-3,8-9,13H2,1H3.